The van der Waals surface area contributed by atoms with E-state index >= 15 is 0 Å². The molecule has 0 radical (unpaired) electrons. The Bertz CT molecular complexity index is 607. The number of pyridine rings is 1. The standard InChI is InChI=1S/C13H9F3N2O2/c14-13(15,16)9-3-1-8(2-4-9)12(20)18-11-6-5-10(19)7-17-11/h1-7,19H,(H,17,18,20). The number of amides is 1. The fourth-order valence-corrected chi connectivity index (χ4v) is 1.46. The van der Waals surface area contributed by atoms with Crippen LogP contribution in [0.5, 0.6) is 5.75 Å². The number of anilines is 1. The normalized spacial score (nSPS) is 11.2. The highest BCUT2D eigenvalue weighted by molar-refractivity contribution is 6.03. The fraction of sp³-hybridized carbons (Fsp3) is 0.0769. The maximum absolute atomic E-state index is 12.4. The molecule has 2 aromatic rings. The number of carbonyl (C=O) groups is 1. The van der Waals surface area contributed by atoms with E-state index in [2.05, 4.69) is 10.3 Å². The van der Waals surface area contributed by atoms with Crippen molar-refractivity contribution >= 4 is 11.7 Å². The van der Waals surface area contributed by atoms with Gasteiger partial charge in [0.05, 0.1) is 11.8 Å². The van der Waals surface area contributed by atoms with Crippen LogP contribution in [0.1, 0.15) is 15.9 Å². The zero-order chi connectivity index (χ0) is 14.8. The number of carbonyl (C=O) groups excluding carboxylic acids is 1. The van der Waals surface area contributed by atoms with Gasteiger partial charge in [-0.05, 0) is 36.4 Å². The Hall–Kier alpha value is -2.57. The summed E-state index contributed by atoms with van der Waals surface area (Å²) in [6.45, 7) is 0. The molecule has 0 spiro atoms. The Balaban J connectivity index is 2.11. The van der Waals surface area contributed by atoms with E-state index in [0.29, 0.717) is 0 Å². The van der Waals surface area contributed by atoms with Gasteiger partial charge in [-0.25, -0.2) is 4.98 Å². The van der Waals surface area contributed by atoms with Gasteiger partial charge in [-0.3, -0.25) is 4.79 Å². The third-order valence-corrected chi connectivity index (χ3v) is 2.46. The Labute approximate surface area is 111 Å². The molecule has 2 N–H and O–H groups in total. The van der Waals surface area contributed by atoms with E-state index in [1.54, 1.807) is 0 Å². The van der Waals surface area contributed by atoms with Gasteiger partial charge < -0.3 is 10.4 Å². The Kier molecular flexibility index (Phi) is 3.60. The number of alkyl halides is 3. The van der Waals surface area contributed by atoms with Crippen molar-refractivity contribution in [2.24, 2.45) is 0 Å². The molecule has 4 nitrogen and oxygen atoms in total. The van der Waals surface area contributed by atoms with Crippen molar-refractivity contribution in [2.75, 3.05) is 5.32 Å². The van der Waals surface area contributed by atoms with Crippen molar-refractivity contribution in [3.63, 3.8) is 0 Å². The predicted molar refractivity (Wildman–Crippen MR) is 65.3 cm³/mol. The van der Waals surface area contributed by atoms with Crippen molar-refractivity contribution < 1.29 is 23.1 Å². The molecular weight excluding hydrogens is 273 g/mol. The molecular formula is C13H9F3N2O2. The number of nitrogens with zero attached hydrogens (tertiary/aromatic N) is 1. The number of aromatic nitrogens is 1. The second-order valence-electron chi connectivity index (χ2n) is 3.93. The summed E-state index contributed by atoms with van der Waals surface area (Å²) >= 11 is 0. The average Bonchev–Trinajstić information content (AvgIpc) is 2.40. The van der Waals surface area contributed by atoms with Crippen molar-refractivity contribution in [3.8, 4) is 5.75 Å². The van der Waals surface area contributed by atoms with Crippen LogP contribution < -0.4 is 5.32 Å². The maximum atomic E-state index is 12.4. The van der Waals surface area contributed by atoms with E-state index in [1.165, 1.54) is 12.1 Å². The highest BCUT2D eigenvalue weighted by Crippen LogP contribution is 2.29. The van der Waals surface area contributed by atoms with E-state index in [0.717, 1.165) is 30.5 Å². The minimum Gasteiger partial charge on any atom is -0.506 e. The zero-order valence-corrected chi connectivity index (χ0v) is 9.98. The number of rotatable bonds is 2. The van der Waals surface area contributed by atoms with E-state index in [-0.39, 0.29) is 17.1 Å². The zero-order valence-electron chi connectivity index (χ0n) is 9.98. The summed E-state index contributed by atoms with van der Waals surface area (Å²) in [6, 6.07) is 6.53. The summed E-state index contributed by atoms with van der Waals surface area (Å²) in [6.07, 6.45) is -3.30. The molecule has 1 aromatic heterocycles. The van der Waals surface area contributed by atoms with Gasteiger partial charge in [-0.15, -0.1) is 0 Å². The molecule has 0 saturated carbocycles. The SMILES string of the molecule is O=C(Nc1ccc(O)cn1)c1ccc(C(F)(F)F)cc1. The van der Waals surface area contributed by atoms with E-state index in [4.69, 9.17) is 5.11 Å². The molecule has 1 heterocycles. The quantitative estimate of drug-likeness (QED) is 0.889. The van der Waals surface area contributed by atoms with Crippen LogP contribution in [0.3, 0.4) is 0 Å². The number of nitrogens with one attached hydrogen (secondary N) is 1. The second-order valence-corrected chi connectivity index (χ2v) is 3.93. The van der Waals surface area contributed by atoms with Crippen molar-refractivity contribution in [2.45, 2.75) is 6.18 Å². The van der Waals surface area contributed by atoms with Gasteiger partial charge in [-0.1, -0.05) is 0 Å². The van der Waals surface area contributed by atoms with Crippen LogP contribution in [0.25, 0.3) is 0 Å². The lowest BCUT2D eigenvalue weighted by molar-refractivity contribution is -0.137. The fourth-order valence-electron chi connectivity index (χ4n) is 1.46. The molecule has 20 heavy (non-hydrogen) atoms. The molecule has 1 aromatic carbocycles. The number of hydrogen-bond donors (Lipinski definition) is 2. The number of hydrogen-bond acceptors (Lipinski definition) is 3. The summed E-state index contributed by atoms with van der Waals surface area (Å²) in [4.78, 5) is 15.5. The predicted octanol–water partition coefficient (Wildman–Crippen LogP) is 3.06. The molecule has 2 rings (SSSR count). The first-order chi connectivity index (χ1) is 9.36. The molecule has 0 bridgehead atoms. The molecule has 0 aliphatic carbocycles. The molecule has 0 aliphatic heterocycles. The number of benzene rings is 1. The van der Waals surface area contributed by atoms with Crippen molar-refractivity contribution in [1.29, 1.82) is 0 Å². The number of aromatic hydroxyl groups is 1. The van der Waals surface area contributed by atoms with Crippen LogP contribution in [0, 0.1) is 0 Å². The lowest BCUT2D eigenvalue weighted by Crippen LogP contribution is -2.13. The Morgan fingerprint density at radius 1 is 1.10 bits per heavy atom. The van der Waals surface area contributed by atoms with Gasteiger partial charge in [0.1, 0.15) is 11.6 Å². The van der Waals surface area contributed by atoms with Crippen LogP contribution in [0.15, 0.2) is 42.6 Å². The van der Waals surface area contributed by atoms with Crippen LogP contribution in [-0.2, 0) is 6.18 Å². The minimum atomic E-state index is -4.44. The summed E-state index contributed by atoms with van der Waals surface area (Å²) < 4.78 is 37.1. The van der Waals surface area contributed by atoms with Crippen molar-refractivity contribution in [1.82, 2.24) is 4.98 Å². The molecule has 1 amide bonds. The highest BCUT2D eigenvalue weighted by atomic mass is 19.4. The molecule has 0 fully saturated rings. The van der Waals surface area contributed by atoms with Crippen molar-refractivity contribution in [3.05, 3.63) is 53.7 Å². The molecule has 0 aliphatic rings. The van der Waals surface area contributed by atoms with E-state index in [9.17, 15) is 18.0 Å². The summed E-state index contributed by atoms with van der Waals surface area (Å²) in [5.74, 6) is -0.456. The van der Waals surface area contributed by atoms with Gasteiger partial charge in [0.25, 0.3) is 5.91 Å². The highest BCUT2D eigenvalue weighted by Gasteiger charge is 2.30. The first kappa shape index (κ1) is 13.9. The van der Waals surface area contributed by atoms with Crippen LogP contribution >= 0.6 is 0 Å². The van der Waals surface area contributed by atoms with Gasteiger partial charge in [-0.2, -0.15) is 13.2 Å². The summed E-state index contributed by atoms with van der Waals surface area (Å²) in [5, 5.41) is 11.4. The molecule has 0 unspecified atom stereocenters. The Morgan fingerprint density at radius 3 is 2.25 bits per heavy atom. The molecule has 0 saturated heterocycles. The van der Waals surface area contributed by atoms with Crippen LogP contribution in [-0.4, -0.2) is 16.0 Å². The third-order valence-electron chi connectivity index (χ3n) is 2.46. The molecule has 0 atom stereocenters. The van der Waals surface area contributed by atoms with Crippen LogP contribution in [0.4, 0.5) is 19.0 Å². The van der Waals surface area contributed by atoms with Gasteiger partial charge in [0.15, 0.2) is 0 Å². The van der Waals surface area contributed by atoms with Gasteiger partial charge in [0.2, 0.25) is 0 Å². The first-order valence-corrected chi connectivity index (χ1v) is 5.50. The summed E-state index contributed by atoms with van der Waals surface area (Å²) in [7, 11) is 0. The summed E-state index contributed by atoms with van der Waals surface area (Å²) in [5.41, 5.74) is -0.746. The smallest absolute Gasteiger partial charge is 0.416 e. The maximum Gasteiger partial charge on any atom is 0.416 e. The van der Waals surface area contributed by atoms with Gasteiger partial charge >= 0.3 is 6.18 Å². The second kappa shape index (κ2) is 5.20. The van der Waals surface area contributed by atoms with Gasteiger partial charge in [0, 0.05) is 5.56 Å². The topological polar surface area (TPSA) is 62.2 Å². The largest absolute Gasteiger partial charge is 0.506 e. The van der Waals surface area contributed by atoms with E-state index < -0.39 is 17.6 Å². The lowest BCUT2D eigenvalue weighted by atomic mass is 10.1. The van der Waals surface area contributed by atoms with E-state index in [1.807, 2.05) is 0 Å². The monoisotopic (exact) mass is 282 g/mol. The third kappa shape index (κ3) is 3.25. The Morgan fingerprint density at radius 2 is 1.75 bits per heavy atom. The lowest BCUT2D eigenvalue weighted by Gasteiger charge is -2.08. The molecule has 104 valence electrons. The average molecular weight is 282 g/mol. The number of halogens is 3. The first-order valence-electron chi connectivity index (χ1n) is 5.50. The minimum absolute atomic E-state index is 0.0578. The van der Waals surface area contributed by atoms with Crippen LogP contribution in [0.2, 0.25) is 0 Å². The molecule has 7 heteroatoms.